The SMILES string of the molecule is O=C(NCCOc1ccc(Br)cc1)[C@@H]1CCCN1. The van der Waals surface area contributed by atoms with Gasteiger partial charge in [-0.2, -0.15) is 0 Å². The summed E-state index contributed by atoms with van der Waals surface area (Å²) in [5.74, 6) is 0.887. The zero-order chi connectivity index (χ0) is 12.8. The summed E-state index contributed by atoms with van der Waals surface area (Å²) in [5.41, 5.74) is 0. The van der Waals surface area contributed by atoms with Crippen molar-refractivity contribution in [2.75, 3.05) is 19.7 Å². The monoisotopic (exact) mass is 312 g/mol. The largest absolute Gasteiger partial charge is 0.492 e. The van der Waals surface area contributed by atoms with Crippen LogP contribution in [0.1, 0.15) is 12.8 Å². The minimum Gasteiger partial charge on any atom is -0.492 e. The molecule has 2 N–H and O–H groups in total. The van der Waals surface area contributed by atoms with Crippen molar-refractivity contribution in [2.45, 2.75) is 18.9 Å². The van der Waals surface area contributed by atoms with Gasteiger partial charge in [0.1, 0.15) is 12.4 Å². The third-order valence-electron chi connectivity index (χ3n) is 2.86. The third kappa shape index (κ3) is 3.99. The molecule has 0 spiro atoms. The van der Waals surface area contributed by atoms with E-state index in [0.29, 0.717) is 13.2 Å². The summed E-state index contributed by atoms with van der Waals surface area (Å²) in [4.78, 5) is 11.7. The average Bonchev–Trinajstić information content (AvgIpc) is 2.90. The van der Waals surface area contributed by atoms with Gasteiger partial charge in [-0.05, 0) is 43.7 Å². The second-order valence-electron chi connectivity index (χ2n) is 4.24. The van der Waals surface area contributed by atoms with Crippen LogP contribution in [-0.4, -0.2) is 31.6 Å². The van der Waals surface area contributed by atoms with Gasteiger partial charge in [0.15, 0.2) is 0 Å². The minimum atomic E-state index is -0.0160. The van der Waals surface area contributed by atoms with Crippen LogP contribution in [0.2, 0.25) is 0 Å². The van der Waals surface area contributed by atoms with Crippen molar-refractivity contribution >= 4 is 21.8 Å². The molecule has 98 valence electrons. The van der Waals surface area contributed by atoms with Gasteiger partial charge >= 0.3 is 0 Å². The molecule has 1 fully saturated rings. The standard InChI is InChI=1S/C13H17BrN2O2/c14-10-3-5-11(6-4-10)18-9-8-16-13(17)12-2-1-7-15-12/h3-6,12,15H,1-2,7-9H2,(H,16,17)/t12-/m0/s1. The van der Waals surface area contributed by atoms with E-state index in [-0.39, 0.29) is 11.9 Å². The number of carbonyl (C=O) groups is 1. The van der Waals surface area contributed by atoms with Gasteiger partial charge in [0, 0.05) is 4.47 Å². The van der Waals surface area contributed by atoms with Crippen molar-refractivity contribution in [3.8, 4) is 5.75 Å². The summed E-state index contributed by atoms with van der Waals surface area (Å²) >= 11 is 3.36. The van der Waals surface area contributed by atoms with Crippen LogP contribution >= 0.6 is 15.9 Å². The van der Waals surface area contributed by atoms with E-state index in [4.69, 9.17) is 4.74 Å². The molecule has 1 atom stereocenters. The summed E-state index contributed by atoms with van der Waals surface area (Å²) in [6.07, 6.45) is 2.01. The van der Waals surface area contributed by atoms with E-state index in [9.17, 15) is 4.79 Å². The van der Waals surface area contributed by atoms with Gasteiger partial charge in [0.2, 0.25) is 5.91 Å². The lowest BCUT2D eigenvalue weighted by Gasteiger charge is -2.11. The van der Waals surface area contributed by atoms with Crippen LogP contribution in [0.3, 0.4) is 0 Å². The van der Waals surface area contributed by atoms with E-state index in [0.717, 1.165) is 29.6 Å². The molecule has 18 heavy (non-hydrogen) atoms. The van der Waals surface area contributed by atoms with Crippen LogP contribution in [0.5, 0.6) is 5.75 Å². The lowest BCUT2D eigenvalue weighted by Crippen LogP contribution is -2.41. The van der Waals surface area contributed by atoms with E-state index >= 15 is 0 Å². The van der Waals surface area contributed by atoms with Gasteiger partial charge in [-0.15, -0.1) is 0 Å². The number of halogens is 1. The quantitative estimate of drug-likeness (QED) is 0.814. The molecule has 0 unspecified atom stereocenters. The highest BCUT2D eigenvalue weighted by Crippen LogP contribution is 2.15. The molecule has 0 radical (unpaired) electrons. The predicted molar refractivity (Wildman–Crippen MR) is 73.7 cm³/mol. The van der Waals surface area contributed by atoms with Crippen LogP contribution in [0, 0.1) is 0 Å². The summed E-state index contributed by atoms with van der Waals surface area (Å²) in [6, 6.07) is 7.62. The maximum absolute atomic E-state index is 11.7. The summed E-state index contributed by atoms with van der Waals surface area (Å²) in [5, 5.41) is 6.03. The number of carbonyl (C=O) groups excluding carboxylic acids is 1. The Hall–Kier alpha value is -1.07. The zero-order valence-corrected chi connectivity index (χ0v) is 11.7. The third-order valence-corrected chi connectivity index (χ3v) is 3.39. The summed E-state index contributed by atoms with van der Waals surface area (Å²) in [6.45, 7) is 1.96. The fourth-order valence-corrected chi connectivity index (χ4v) is 2.17. The number of ether oxygens (including phenoxy) is 1. The van der Waals surface area contributed by atoms with Crippen LogP contribution in [-0.2, 0) is 4.79 Å². The molecule has 0 aromatic heterocycles. The first kappa shape index (κ1) is 13.4. The molecule has 2 rings (SSSR count). The normalized spacial score (nSPS) is 18.6. The van der Waals surface area contributed by atoms with Crippen molar-refractivity contribution in [1.29, 1.82) is 0 Å². The first-order chi connectivity index (χ1) is 8.75. The second-order valence-corrected chi connectivity index (χ2v) is 5.16. The number of hydrogen-bond donors (Lipinski definition) is 2. The van der Waals surface area contributed by atoms with E-state index in [2.05, 4.69) is 26.6 Å². The topological polar surface area (TPSA) is 50.4 Å². The molecule has 1 aromatic rings. The maximum atomic E-state index is 11.7. The molecule has 4 nitrogen and oxygen atoms in total. The van der Waals surface area contributed by atoms with Crippen molar-refractivity contribution in [3.05, 3.63) is 28.7 Å². The molecular formula is C13H17BrN2O2. The van der Waals surface area contributed by atoms with E-state index < -0.39 is 0 Å². The average molecular weight is 313 g/mol. The van der Waals surface area contributed by atoms with E-state index in [1.165, 1.54) is 0 Å². The van der Waals surface area contributed by atoms with Gasteiger partial charge in [0.25, 0.3) is 0 Å². The highest BCUT2D eigenvalue weighted by Gasteiger charge is 2.21. The Balaban J connectivity index is 1.63. The zero-order valence-electron chi connectivity index (χ0n) is 10.1. The first-order valence-electron chi connectivity index (χ1n) is 6.15. The predicted octanol–water partition coefficient (Wildman–Crippen LogP) is 1.70. The fraction of sp³-hybridized carbons (Fsp3) is 0.462. The molecular weight excluding hydrogens is 296 g/mol. The summed E-state index contributed by atoms with van der Waals surface area (Å²) in [7, 11) is 0. The second kappa shape index (κ2) is 6.75. The molecule has 0 bridgehead atoms. The Morgan fingerprint density at radius 2 is 2.22 bits per heavy atom. The summed E-state index contributed by atoms with van der Waals surface area (Å²) < 4.78 is 6.54. The Morgan fingerprint density at radius 1 is 1.44 bits per heavy atom. The van der Waals surface area contributed by atoms with Crippen molar-refractivity contribution in [1.82, 2.24) is 10.6 Å². The number of hydrogen-bond acceptors (Lipinski definition) is 3. The Bertz CT molecular complexity index is 388. The number of rotatable bonds is 5. The van der Waals surface area contributed by atoms with Gasteiger partial charge in [-0.3, -0.25) is 4.79 Å². The lowest BCUT2D eigenvalue weighted by atomic mass is 10.2. The lowest BCUT2D eigenvalue weighted by molar-refractivity contribution is -0.122. The molecule has 1 aromatic carbocycles. The number of benzene rings is 1. The molecule has 1 heterocycles. The first-order valence-corrected chi connectivity index (χ1v) is 6.94. The number of amides is 1. The molecule has 1 saturated heterocycles. The van der Waals surface area contributed by atoms with Gasteiger partial charge in [0.05, 0.1) is 12.6 Å². The van der Waals surface area contributed by atoms with E-state index in [1.807, 2.05) is 24.3 Å². The minimum absolute atomic E-state index is 0.0160. The number of nitrogens with one attached hydrogen (secondary N) is 2. The molecule has 1 aliphatic rings. The Kier molecular flexibility index (Phi) is 5.01. The smallest absolute Gasteiger partial charge is 0.237 e. The van der Waals surface area contributed by atoms with Gasteiger partial charge in [-0.25, -0.2) is 0 Å². The van der Waals surface area contributed by atoms with Gasteiger partial charge < -0.3 is 15.4 Å². The molecule has 1 aliphatic heterocycles. The van der Waals surface area contributed by atoms with Crippen LogP contribution in [0.4, 0.5) is 0 Å². The van der Waals surface area contributed by atoms with Gasteiger partial charge in [-0.1, -0.05) is 15.9 Å². The fourth-order valence-electron chi connectivity index (χ4n) is 1.91. The maximum Gasteiger partial charge on any atom is 0.237 e. The van der Waals surface area contributed by atoms with Crippen molar-refractivity contribution < 1.29 is 9.53 Å². The molecule has 0 saturated carbocycles. The Morgan fingerprint density at radius 3 is 2.89 bits per heavy atom. The van der Waals surface area contributed by atoms with Crippen molar-refractivity contribution in [3.63, 3.8) is 0 Å². The Labute approximate surface area is 115 Å². The van der Waals surface area contributed by atoms with Crippen molar-refractivity contribution in [2.24, 2.45) is 0 Å². The highest BCUT2D eigenvalue weighted by atomic mass is 79.9. The highest BCUT2D eigenvalue weighted by molar-refractivity contribution is 9.10. The van der Waals surface area contributed by atoms with Crippen LogP contribution in [0.15, 0.2) is 28.7 Å². The van der Waals surface area contributed by atoms with Crippen LogP contribution in [0.25, 0.3) is 0 Å². The molecule has 1 amide bonds. The molecule has 0 aliphatic carbocycles. The van der Waals surface area contributed by atoms with E-state index in [1.54, 1.807) is 0 Å². The van der Waals surface area contributed by atoms with Crippen LogP contribution < -0.4 is 15.4 Å². The molecule has 5 heteroatoms.